The second kappa shape index (κ2) is 9.90. The number of alkyl halides is 3. The van der Waals surface area contributed by atoms with Crippen molar-refractivity contribution in [2.75, 3.05) is 5.32 Å². The summed E-state index contributed by atoms with van der Waals surface area (Å²) in [5.74, 6) is -1.36. The number of nitrogens with one attached hydrogen (secondary N) is 1. The smallest absolute Gasteiger partial charge is 0.475 e. The number of benzene rings is 2. The van der Waals surface area contributed by atoms with E-state index in [1.54, 1.807) is 12.5 Å². The zero-order valence-corrected chi connectivity index (χ0v) is 17.6. The third kappa shape index (κ3) is 6.35. The topological polar surface area (TPSA) is 106 Å². The number of hydrogen-bond donors (Lipinski definition) is 2. The Morgan fingerprint density at radius 2 is 1.61 bits per heavy atom. The van der Waals surface area contributed by atoms with Crippen molar-refractivity contribution in [3.05, 3.63) is 72.7 Å². The Bertz CT molecular complexity index is 1220. The number of carboxylic acid groups (broad SMARTS) is 1. The molecule has 0 aliphatic rings. The molecule has 0 unspecified atom stereocenters. The molecule has 0 radical (unpaired) electrons. The molecule has 2 aromatic carbocycles. The van der Waals surface area contributed by atoms with E-state index in [2.05, 4.69) is 56.7 Å². The van der Waals surface area contributed by atoms with Gasteiger partial charge in [-0.1, -0.05) is 29.8 Å². The molecule has 4 aromatic rings. The summed E-state index contributed by atoms with van der Waals surface area (Å²) in [6.45, 7) is 2.07. The molecule has 2 N–H and O–H groups in total. The molecular formula is C22H19F3N6O2. The van der Waals surface area contributed by atoms with Gasteiger partial charge in [0.25, 0.3) is 0 Å². The molecule has 4 rings (SSSR count). The van der Waals surface area contributed by atoms with Crippen LogP contribution in [-0.4, -0.2) is 42.0 Å². The molecule has 0 saturated heterocycles. The molecule has 0 fully saturated rings. The number of nitrogens with zero attached hydrogens (tertiary/aromatic N) is 5. The van der Waals surface area contributed by atoms with E-state index < -0.39 is 12.1 Å². The van der Waals surface area contributed by atoms with Crippen LogP contribution in [0.1, 0.15) is 5.56 Å². The summed E-state index contributed by atoms with van der Waals surface area (Å²) in [6, 6.07) is 18.1. The van der Waals surface area contributed by atoms with E-state index in [4.69, 9.17) is 9.90 Å². The molecule has 2 heterocycles. The lowest BCUT2D eigenvalue weighted by atomic mass is 10.1. The lowest BCUT2D eigenvalue weighted by molar-refractivity contribution is -0.192. The minimum absolute atomic E-state index is 0.564. The van der Waals surface area contributed by atoms with Crippen molar-refractivity contribution >= 4 is 17.6 Å². The average molecular weight is 456 g/mol. The summed E-state index contributed by atoms with van der Waals surface area (Å²) >= 11 is 0. The van der Waals surface area contributed by atoms with Crippen molar-refractivity contribution in [3.8, 4) is 22.6 Å². The van der Waals surface area contributed by atoms with Crippen molar-refractivity contribution in [1.29, 1.82) is 0 Å². The molecule has 0 saturated carbocycles. The fourth-order valence-corrected chi connectivity index (χ4v) is 2.68. The van der Waals surface area contributed by atoms with E-state index in [0.29, 0.717) is 5.95 Å². The highest BCUT2D eigenvalue weighted by Gasteiger charge is 2.38. The van der Waals surface area contributed by atoms with Crippen LogP contribution in [-0.2, 0) is 11.8 Å². The number of anilines is 2. The van der Waals surface area contributed by atoms with E-state index >= 15 is 0 Å². The van der Waals surface area contributed by atoms with Gasteiger partial charge in [0.2, 0.25) is 5.95 Å². The summed E-state index contributed by atoms with van der Waals surface area (Å²) in [7, 11) is 1.92. The van der Waals surface area contributed by atoms with Crippen molar-refractivity contribution in [2.24, 2.45) is 7.05 Å². The molecule has 0 spiro atoms. The minimum Gasteiger partial charge on any atom is -0.475 e. The van der Waals surface area contributed by atoms with Crippen LogP contribution in [0.25, 0.3) is 22.6 Å². The summed E-state index contributed by atoms with van der Waals surface area (Å²) in [4.78, 5) is 17.8. The maximum Gasteiger partial charge on any atom is 0.490 e. The van der Waals surface area contributed by atoms with Gasteiger partial charge in [-0.15, -0.1) is 10.2 Å². The molecule has 170 valence electrons. The van der Waals surface area contributed by atoms with Gasteiger partial charge in [-0.05, 0) is 37.3 Å². The van der Waals surface area contributed by atoms with Crippen LogP contribution < -0.4 is 5.32 Å². The van der Waals surface area contributed by atoms with Crippen LogP contribution in [0.5, 0.6) is 0 Å². The number of aliphatic carboxylic acids is 1. The number of hydrogen-bond acceptors (Lipinski definition) is 6. The second-order valence-corrected chi connectivity index (χ2v) is 6.90. The monoisotopic (exact) mass is 456 g/mol. The quantitative estimate of drug-likeness (QED) is 0.461. The maximum absolute atomic E-state index is 10.6. The van der Waals surface area contributed by atoms with Crippen LogP contribution in [0.2, 0.25) is 0 Å². The van der Waals surface area contributed by atoms with Crippen molar-refractivity contribution in [1.82, 2.24) is 24.7 Å². The van der Waals surface area contributed by atoms with E-state index in [-0.39, 0.29) is 0 Å². The first kappa shape index (κ1) is 23.4. The molecule has 11 heteroatoms. The first-order chi connectivity index (χ1) is 15.6. The standard InChI is InChI=1S/C20H18N6.C2HF3O2/c1-14-3-5-15(6-4-14)18-11-12-21-20(24-18)23-17-9-7-16(8-10-17)19-25-22-13-26(19)2;3-2(4,5)1(6)7/h3-13H,1-2H3,(H,21,23,24);(H,6,7). The number of rotatable bonds is 4. The number of carboxylic acids is 1. The Morgan fingerprint density at radius 3 is 2.15 bits per heavy atom. The Hall–Kier alpha value is -4.28. The van der Waals surface area contributed by atoms with Gasteiger partial charge in [0.15, 0.2) is 5.82 Å². The highest BCUT2D eigenvalue weighted by molar-refractivity contribution is 5.73. The first-order valence-corrected chi connectivity index (χ1v) is 9.55. The number of aryl methyl sites for hydroxylation is 2. The molecule has 0 aliphatic carbocycles. The van der Waals surface area contributed by atoms with Crippen LogP contribution >= 0.6 is 0 Å². The van der Waals surface area contributed by atoms with Crippen LogP contribution in [0.15, 0.2) is 67.1 Å². The third-order valence-electron chi connectivity index (χ3n) is 4.36. The van der Waals surface area contributed by atoms with Crippen LogP contribution in [0.3, 0.4) is 0 Å². The van der Waals surface area contributed by atoms with Gasteiger partial charge < -0.3 is 15.0 Å². The normalized spacial score (nSPS) is 10.8. The third-order valence-corrected chi connectivity index (χ3v) is 4.36. The molecule has 8 nitrogen and oxygen atoms in total. The lowest BCUT2D eigenvalue weighted by Crippen LogP contribution is -2.21. The summed E-state index contributed by atoms with van der Waals surface area (Å²) < 4.78 is 33.6. The molecule has 2 aromatic heterocycles. The summed E-state index contributed by atoms with van der Waals surface area (Å²) in [5, 5.41) is 18.4. The first-order valence-electron chi connectivity index (χ1n) is 9.55. The van der Waals surface area contributed by atoms with E-state index in [1.807, 2.05) is 41.9 Å². The van der Waals surface area contributed by atoms with Gasteiger partial charge in [-0.3, -0.25) is 0 Å². The van der Waals surface area contributed by atoms with Gasteiger partial charge in [-0.25, -0.2) is 14.8 Å². The van der Waals surface area contributed by atoms with Crippen molar-refractivity contribution < 1.29 is 23.1 Å². The largest absolute Gasteiger partial charge is 0.490 e. The van der Waals surface area contributed by atoms with Crippen molar-refractivity contribution in [2.45, 2.75) is 13.1 Å². The predicted octanol–water partition coefficient (Wildman–Crippen LogP) is 4.62. The van der Waals surface area contributed by atoms with E-state index in [1.165, 1.54) is 5.56 Å². The molecule has 33 heavy (non-hydrogen) atoms. The van der Waals surface area contributed by atoms with Gasteiger partial charge in [-0.2, -0.15) is 13.2 Å². The zero-order valence-electron chi connectivity index (χ0n) is 17.6. The van der Waals surface area contributed by atoms with Gasteiger partial charge >= 0.3 is 12.1 Å². The molecule has 0 aliphatic heterocycles. The maximum atomic E-state index is 10.6. The molecular weight excluding hydrogens is 437 g/mol. The van der Waals surface area contributed by atoms with E-state index in [9.17, 15) is 13.2 Å². The average Bonchev–Trinajstić information content (AvgIpc) is 3.21. The Balaban J connectivity index is 0.000000383. The van der Waals surface area contributed by atoms with Crippen LogP contribution in [0.4, 0.5) is 24.8 Å². The molecule has 0 amide bonds. The molecule has 0 atom stereocenters. The number of carbonyl (C=O) groups is 1. The zero-order chi connectivity index (χ0) is 24.0. The Morgan fingerprint density at radius 1 is 1.00 bits per heavy atom. The molecule has 0 bridgehead atoms. The van der Waals surface area contributed by atoms with E-state index in [0.717, 1.165) is 28.3 Å². The summed E-state index contributed by atoms with van der Waals surface area (Å²) in [5.41, 5.74) is 5.10. The fraction of sp³-hybridized carbons (Fsp3) is 0.136. The Kier molecular flexibility index (Phi) is 7.01. The minimum atomic E-state index is -5.08. The van der Waals surface area contributed by atoms with Gasteiger partial charge in [0, 0.05) is 30.1 Å². The summed E-state index contributed by atoms with van der Waals surface area (Å²) in [6.07, 6.45) is -1.63. The van der Waals surface area contributed by atoms with Crippen LogP contribution in [0, 0.1) is 6.92 Å². The lowest BCUT2D eigenvalue weighted by Gasteiger charge is -2.08. The Labute approximate surface area is 186 Å². The SMILES string of the molecule is Cc1ccc(-c2ccnc(Nc3ccc(-c4nncn4C)cc3)n2)cc1.O=C(O)C(F)(F)F. The van der Waals surface area contributed by atoms with Gasteiger partial charge in [0.05, 0.1) is 5.69 Å². The number of halogens is 3. The predicted molar refractivity (Wildman–Crippen MR) is 116 cm³/mol. The second-order valence-electron chi connectivity index (χ2n) is 6.90. The highest BCUT2D eigenvalue weighted by atomic mass is 19.4. The van der Waals surface area contributed by atoms with Gasteiger partial charge in [0.1, 0.15) is 6.33 Å². The highest BCUT2D eigenvalue weighted by Crippen LogP contribution is 2.22. The number of aromatic nitrogens is 5. The van der Waals surface area contributed by atoms with Crippen molar-refractivity contribution in [3.63, 3.8) is 0 Å². The fourth-order valence-electron chi connectivity index (χ4n) is 2.68.